The lowest BCUT2D eigenvalue weighted by Gasteiger charge is -2.12. The number of urea groups is 1. The molecular formula is C17H22N2O5. The fourth-order valence-corrected chi connectivity index (χ4v) is 2.53. The number of hydrogen-bond acceptors (Lipinski definition) is 5. The normalized spacial score (nSPS) is 14.0. The van der Waals surface area contributed by atoms with Gasteiger partial charge in [-0.2, -0.15) is 0 Å². The van der Waals surface area contributed by atoms with Crippen LogP contribution in [0.2, 0.25) is 0 Å². The molecule has 0 heterocycles. The number of amides is 3. The second-order valence-corrected chi connectivity index (χ2v) is 5.54. The monoisotopic (exact) mass is 334 g/mol. The molecular weight excluding hydrogens is 312 g/mol. The van der Waals surface area contributed by atoms with Gasteiger partial charge in [0.2, 0.25) is 0 Å². The highest BCUT2D eigenvalue weighted by molar-refractivity contribution is 5.95. The number of benzene rings is 1. The lowest BCUT2D eigenvalue weighted by Crippen LogP contribution is -2.45. The van der Waals surface area contributed by atoms with Crippen LogP contribution >= 0.6 is 0 Å². The first-order valence-corrected chi connectivity index (χ1v) is 8.09. The maximum atomic E-state index is 11.7. The van der Waals surface area contributed by atoms with Crippen LogP contribution in [-0.4, -0.2) is 37.2 Å². The number of ether oxygens (including phenoxy) is 2. The van der Waals surface area contributed by atoms with E-state index in [9.17, 15) is 14.4 Å². The molecule has 0 saturated heterocycles. The van der Waals surface area contributed by atoms with Crippen LogP contribution in [0.15, 0.2) is 24.3 Å². The largest absolute Gasteiger partial charge is 0.484 e. The van der Waals surface area contributed by atoms with E-state index in [1.807, 2.05) is 0 Å². The number of carbonyl (C=O) groups is 3. The molecule has 1 fully saturated rings. The molecule has 0 spiro atoms. The second-order valence-electron chi connectivity index (χ2n) is 5.54. The van der Waals surface area contributed by atoms with E-state index in [0.717, 1.165) is 25.7 Å². The lowest BCUT2D eigenvalue weighted by atomic mass is 10.2. The van der Waals surface area contributed by atoms with Crippen molar-refractivity contribution in [3.63, 3.8) is 0 Å². The molecule has 1 saturated carbocycles. The quantitative estimate of drug-likeness (QED) is 0.776. The fourth-order valence-electron chi connectivity index (χ4n) is 2.53. The van der Waals surface area contributed by atoms with Gasteiger partial charge in [-0.25, -0.2) is 9.59 Å². The predicted molar refractivity (Wildman–Crippen MR) is 86.8 cm³/mol. The van der Waals surface area contributed by atoms with Gasteiger partial charge in [0, 0.05) is 6.04 Å². The van der Waals surface area contributed by atoms with E-state index in [1.54, 1.807) is 25.1 Å². The Hall–Kier alpha value is -2.57. The summed E-state index contributed by atoms with van der Waals surface area (Å²) in [4.78, 5) is 35.0. The molecule has 0 aliphatic heterocycles. The van der Waals surface area contributed by atoms with Crippen LogP contribution in [0.4, 0.5) is 4.79 Å². The summed E-state index contributed by atoms with van der Waals surface area (Å²) in [5.41, 5.74) is 0.341. The molecule has 0 radical (unpaired) electrons. The number of esters is 1. The first kappa shape index (κ1) is 17.8. The Morgan fingerprint density at radius 3 is 2.67 bits per heavy atom. The third-order valence-corrected chi connectivity index (χ3v) is 3.66. The zero-order valence-electron chi connectivity index (χ0n) is 13.7. The molecule has 0 unspecified atom stereocenters. The van der Waals surface area contributed by atoms with Crippen LogP contribution < -0.4 is 15.4 Å². The summed E-state index contributed by atoms with van der Waals surface area (Å²) in [7, 11) is 0. The Labute approximate surface area is 140 Å². The molecule has 0 aromatic heterocycles. The minimum Gasteiger partial charge on any atom is -0.484 e. The second kappa shape index (κ2) is 8.90. The molecule has 3 amide bonds. The van der Waals surface area contributed by atoms with Crippen LogP contribution in [0.1, 0.15) is 43.0 Å². The fraction of sp³-hybridized carbons (Fsp3) is 0.471. The number of carbonyl (C=O) groups excluding carboxylic acids is 3. The Bertz CT molecular complexity index is 596. The maximum Gasteiger partial charge on any atom is 0.338 e. The Balaban J connectivity index is 1.77. The lowest BCUT2D eigenvalue weighted by molar-refractivity contribution is -0.122. The van der Waals surface area contributed by atoms with E-state index < -0.39 is 17.9 Å². The minimum absolute atomic E-state index is 0.139. The smallest absolute Gasteiger partial charge is 0.338 e. The average molecular weight is 334 g/mol. The highest BCUT2D eigenvalue weighted by Gasteiger charge is 2.18. The summed E-state index contributed by atoms with van der Waals surface area (Å²) in [6.45, 7) is 1.69. The molecule has 1 aromatic carbocycles. The van der Waals surface area contributed by atoms with Crippen molar-refractivity contribution < 1.29 is 23.9 Å². The van der Waals surface area contributed by atoms with Gasteiger partial charge in [-0.05, 0) is 38.0 Å². The molecule has 130 valence electrons. The van der Waals surface area contributed by atoms with Gasteiger partial charge in [-0.15, -0.1) is 0 Å². The molecule has 0 atom stereocenters. The first-order valence-electron chi connectivity index (χ1n) is 8.09. The van der Waals surface area contributed by atoms with Crippen LogP contribution in [-0.2, 0) is 9.53 Å². The molecule has 2 rings (SSSR count). The molecule has 0 bridgehead atoms. The van der Waals surface area contributed by atoms with E-state index in [-0.39, 0.29) is 19.3 Å². The van der Waals surface area contributed by atoms with Gasteiger partial charge in [0.05, 0.1) is 12.2 Å². The number of rotatable bonds is 6. The first-order chi connectivity index (χ1) is 11.6. The summed E-state index contributed by atoms with van der Waals surface area (Å²) in [5, 5.41) is 4.99. The molecule has 7 nitrogen and oxygen atoms in total. The van der Waals surface area contributed by atoms with Crippen LogP contribution in [0, 0.1) is 0 Å². The van der Waals surface area contributed by atoms with Gasteiger partial charge >= 0.3 is 12.0 Å². The van der Waals surface area contributed by atoms with Gasteiger partial charge in [0.25, 0.3) is 5.91 Å². The van der Waals surface area contributed by atoms with Crippen molar-refractivity contribution in [2.24, 2.45) is 0 Å². The standard InChI is InChI=1S/C17H22N2O5/c1-2-23-16(21)12-6-5-9-14(10-12)24-11-15(20)19-17(22)18-13-7-3-4-8-13/h5-6,9-10,13H,2-4,7-8,11H2,1H3,(H2,18,19,20,22). The Morgan fingerprint density at radius 1 is 1.21 bits per heavy atom. The van der Waals surface area contributed by atoms with Crippen molar-refractivity contribution in [2.45, 2.75) is 38.6 Å². The topological polar surface area (TPSA) is 93.7 Å². The van der Waals surface area contributed by atoms with E-state index in [0.29, 0.717) is 11.3 Å². The molecule has 1 aliphatic carbocycles. The molecule has 24 heavy (non-hydrogen) atoms. The SMILES string of the molecule is CCOC(=O)c1cccc(OCC(=O)NC(=O)NC2CCCC2)c1. The molecule has 1 aliphatic rings. The maximum absolute atomic E-state index is 11.7. The Morgan fingerprint density at radius 2 is 1.96 bits per heavy atom. The third-order valence-electron chi connectivity index (χ3n) is 3.66. The Kier molecular flexibility index (Phi) is 6.60. The summed E-state index contributed by atoms with van der Waals surface area (Å²) >= 11 is 0. The zero-order chi connectivity index (χ0) is 17.4. The van der Waals surface area contributed by atoms with Crippen molar-refractivity contribution >= 4 is 17.9 Å². The highest BCUT2D eigenvalue weighted by atomic mass is 16.5. The summed E-state index contributed by atoms with van der Waals surface area (Å²) in [5.74, 6) is -0.651. The third kappa shape index (κ3) is 5.57. The summed E-state index contributed by atoms with van der Waals surface area (Å²) in [6, 6.07) is 5.97. The number of hydrogen-bond donors (Lipinski definition) is 2. The molecule has 7 heteroatoms. The molecule has 2 N–H and O–H groups in total. The number of nitrogens with one attached hydrogen (secondary N) is 2. The van der Waals surface area contributed by atoms with E-state index >= 15 is 0 Å². The van der Waals surface area contributed by atoms with Crippen molar-refractivity contribution in [1.29, 1.82) is 0 Å². The van der Waals surface area contributed by atoms with Gasteiger partial charge in [0.1, 0.15) is 5.75 Å². The van der Waals surface area contributed by atoms with Crippen molar-refractivity contribution in [2.75, 3.05) is 13.2 Å². The van der Waals surface area contributed by atoms with Crippen LogP contribution in [0.5, 0.6) is 5.75 Å². The van der Waals surface area contributed by atoms with Crippen LogP contribution in [0.25, 0.3) is 0 Å². The van der Waals surface area contributed by atoms with Crippen molar-refractivity contribution in [1.82, 2.24) is 10.6 Å². The average Bonchev–Trinajstić information content (AvgIpc) is 3.06. The summed E-state index contributed by atoms with van der Waals surface area (Å²) in [6.07, 6.45) is 4.08. The minimum atomic E-state index is -0.549. The summed E-state index contributed by atoms with van der Waals surface area (Å²) < 4.78 is 10.2. The number of imide groups is 1. The van der Waals surface area contributed by atoms with Crippen molar-refractivity contribution in [3.8, 4) is 5.75 Å². The van der Waals surface area contributed by atoms with E-state index in [2.05, 4.69) is 10.6 Å². The predicted octanol–water partition coefficient (Wildman–Crippen LogP) is 2.01. The zero-order valence-corrected chi connectivity index (χ0v) is 13.7. The van der Waals surface area contributed by atoms with Gasteiger partial charge in [-0.3, -0.25) is 10.1 Å². The van der Waals surface area contributed by atoms with Gasteiger partial charge in [-0.1, -0.05) is 18.9 Å². The van der Waals surface area contributed by atoms with E-state index in [4.69, 9.17) is 9.47 Å². The highest BCUT2D eigenvalue weighted by Crippen LogP contribution is 2.17. The van der Waals surface area contributed by atoms with E-state index in [1.165, 1.54) is 6.07 Å². The van der Waals surface area contributed by atoms with Crippen molar-refractivity contribution in [3.05, 3.63) is 29.8 Å². The van der Waals surface area contributed by atoms with Gasteiger partial charge in [0.15, 0.2) is 6.61 Å². The molecule has 1 aromatic rings. The van der Waals surface area contributed by atoms with Crippen LogP contribution in [0.3, 0.4) is 0 Å². The van der Waals surface area contributed by atoms with Gasteiger partial charge < -0.3 is 14.8 Å².